The van der Waals surface area contributed by atoms with Crippen molar-refractivity contribution < 1.29 is 0 Å². The van der Waals surface area contributed by atoms with Crippen LogP contribution in [0.15, 0.2) is 115 Å². The highest BCUT2D eigenvalue weighted by Gasteiger charge is 2.32. The first-order valence-electron chi connectivity index (χ1n) is 14.0. The van der Waals surface area contributed by atoms with Crippen LogP contribution in [0.2, 0.25) is 0 Å². The maximum atomic E-state index is 2.41. The van der Waals surface area contributed by atoms with Gasteiger partial charge in [0.15, 0.2) is 0 Å². The molecule has 0 radical (unpaired) electrons. The lowest BCUT2D eigenvalue weighted by atomic mass is 9.75. The van der Waals surface area contributed by atoms with Gasteiger partial charge in [0.2, 0.25) is 0 Å². The average Bonchev–Trinajstić information content (AvgIpc) is 3.33. The molecule has 0 N–H and O–H groups in total. The third-order valence-electron chi connectivity index (χ3n) is 8.73. The molecule has 0 heterocycles. The largest absolute Gasteiger partial charge is 0.0622 e. The summed E-state index contributed by atoms with van der Waals surface area (Å²) in [6.07, 6.45) is 0.990. The monoisotopic (exact) mass is 498 g/mol. The smallest absolute Gasteiger partial charge is 0.00101 e. The SMILES string of the molecule is CC(C)(C)c1c2c(c(-c3ccccc3)c3c1ccc1ccc4ccc5ccccc5c4c13)-c1ccccc1C2. The Bertz CT molecular complexity index is 2100. The third-order valence-corrected chi connectivity index (χ3v) is 8.73. The van der Waals surface area contributed by atoms with E-state index in [1.807, 2.05) is 0 Å². The molecular weight excluding hydrogens is 468 g/mol. The molecule has 1 aliphatic rings. The molecule has 0 spiro atoms. The topological polar surface area (TPSA) is 0 Å². The Kier molecular flexibility index (Phi) is 4.65. The standard InChI is InChI=1S/C39H30/c1-39(2,3)38-31-22-21-27-20-19-26-18-17-24-11-7-9-15-29(24)33(26)34(27)37(31)35(25-12-5-4-6-13-25)36-30-16-10-8-14-28(30)23-32(36)38/h4-22H,23H2,1-3H3. The predicted molar refractivity (Wildman–Crippen MR) is 169 cm³/mol. The van der Waals surface area contributed by atoms with Crippen molar-refractivity contribution in [1.82, 2.24) is 0 Å². The lowest BCUT2D eigenvalue weighted by Gasteiger charge is -2.28. The van der Waals surface area contributed by atoms with Crippen LogP contribution in [-0.2, 0) is 11.8 Å². The molecule has 0 bridgehead atoms. The van der Waals surface area contributed by atoms with Gasteiger partial charge in [-0.1, -0.05) is 136 Å². The van der Waals surface area contributed by atoms with Crippen molar-refractivity contribution in [3.8, 4) is 22.3 Å². The Morgan fingerprint density at radius 1 is 0.487 bits per heavy atom. The van der Waals surface area contributed by atoms with Crippen LogP contribution >= 0.6 is 0 Å². The highest BCUT2D eigenvalue weighted by Crippen LogP contribution is 2.53. The molecule has 0 saturated carbocycles. The quantitative estimate of drug-likeness (QED) is 0.197. The van der Waals surface area contributed by atoms with Gasteiger partial charge in [-0.2, -0.15) is 0 Å². The number of fused-ring (bicyclic) bond motifs is 10. The maximum absolute atomic E-state index is 2.41. The molecule has 0 unspecified atom stereocenters. The Morgan fingerprint density at radius 3 is 1.92 bits per heavy atom. The van der Waals surface area contributed by atoms with Crippen LogP contribution in [0.4, 0.5) is 0 Å². The second-order valence-electron chi connectivity index (χ2n) is 12.1. The second kappa shape index (κ2) is 8.04. The van der Waals surface area contributed by atoms with Gasteiger partial charge < -0.3 is 0 Å². The third kappa shape index (κ3) is 3.18. The van der Waals surface area contributed by atoms with Crippen LogP contribution in [0.1, 0.15) is 37.5 Å². The normalized spacial score (nSPS) is 12.9. The molecule has 0 nitrogen and oxygen atoms in total. The molecule has 186 valence electrons. The summed E-state index contributed by atoms with van der Waals surface area (Å²) in [5.41, 5.74) is 9.91. The molecular formula is C39H30. The minimum atomic E-state index is -0.0000768. The zero-order valence-corrected chi connectivity index (χ0v) is 22.7. The molecule has 0 saturated heterocycles. The molecule has 7 aromatic rings. The van der Waals surface area contributed by atoms with Crippen molar-refractivity contribution in [2.75, 3.05) is 0 Å². The predicted octanol–water partition coefficient (Wildman–Crippen LogP) is 10.8. The fourth-order valence-electron chi connectivity index (χ4n) is 7.28. The van der Waals surface area contributed by atoms with Gasteiger partial charge in [-0.15, -0.1) is 0 Å². The molecule has 1 aliphatic carbocycles. The van der Waals surface area contributed by atoms with Crippen LogP contribution < -0.4 is 0 Å². The molecule has 0 fully saturated rings. The van der Waals surface area contributed by atoms with Crippen molar-refractivity contribution >= 4 is 43.1 Å². The number of rotatable bonds is 1. The molecule has 0 heteroatoms. The molecule has 0 aromatic heterocycles. The average molecular weight is 499 g/mol. The molecule has 0 aliphatic heterocycles. The van der Waals surface area contributed by atoms with Gasteiger partial charge in [0.1, 0.15) is 0 Å². The molecule has 7 aromatic carbocycles. The summed E-state index contributed by atoms with van der Waals surface area (Å²) in [6.45, 7) is 7.15. The van der Waals surface area contributed by atoms with Crippen molar-refractivity contribution in [3.63, 3.8) is 0 Å². The van der Waals surface area contributed by atoms with Gasteiger partial charge in [-0.3, -0.25) is 0 Å². The number of benzene rings is 7. The van der Waals surface area contributed by atoms with Gasteiger partial charge in [-0.05, 0) is 93.9 Å². The van der Waals surface area contributed by atoms with Crippen molar-refractivity contribution in [2.45, 2.75) is 32.6 Å². The van der Waals surface area contributed by atoms with Crippen LogP contribution in [0, 0.1) is 0 Å². The van der Waals surface area contributed by atoms with Gasteiger partial charge in [0.05, 0.1) is 0 Å². The summed E-state index contributed by atoms with van der Waals surface area (Å²) in [5, 5.41) is 10.7. The number of hydrogen-bond acceptors (Lipinski definition) is 0. The molecule has 0 amide bonds. The summed E-state index contributed by atoms with van der Waals surface area (Å²) in [6, 6.07) is 43.0. The van der Waals surface area contributed by atoms with Crippen LogP contribution in [0.5, 0.6) is 0 Å². The van der Waals surface area contributed by atoms with E-state index < -0.39 is 0 Å². The van der Waals surface area contributed by atoms with Gasteiger partial charge in [0, 0.05) is 0 Å². The minimum absolute atomic E-state index is 0.0000768. The van der Waals surface area contributed by atoms with E-state index in [0.29, 0.717) is 0 Å². The van der Waals surface area contributed by atoms with E-state index in [0.717, 1.165) is 6.42 Å². The Hall–Kier alpha value is -4.42. The highest BCUT2D eigenvalue weighted by molar-refractivity contribution is 6.31. The first kappa shape index (κ1) is 22.6. The summed E-state index contributed by atoms with van der Waals surface area (Å²) >= 11 is 0. The fourth-order valence-corrected chi connectivity index (χ4v) is 7.28. The first-order chi connectivity index (χ1) is 19.0. The molecule has 39 heavy (non-hydrogen) atoms. The van der Waals surface area contributed by atoms with E-state index in [-0.39, 0.29) is 5.41 Å². The second-order valence-corrected chi connectivity index (χ2v) is 12.1. The first-order valence-corrected chi connectivity index (χ1v) is 14.0. The number of hydrogen-bond donors (Lipinski definition) is 0. The van der Waals surface area contributed by atoms with E-state index in [4.69, 9.17) is 0 Å². The van der Waals surface area contributed by atoms with E-state index in [2.05, 4.69) is 136 Å². The van der Waals surface area contributed by atoms with E-state index in [9.17, 15) is 0 Å². The van der Waals surface area contributed by atoms with Gasteiger partial charge >= 0.3 is 0 Å². The Balaban J connectivity index is 1.73. The van der Waals surface area contributed by atoms with Crippen LogP contribution in [0.3, 0.4) is 0 Å². The highest BCUT2D eigenvalue weighted by atomic mass is 14.4. The van der Waals surface area contributed by atoms with Gasteiger partial charge in [-0.25, -0.2) is 0 Å². The molecule has 0 atom stereocenters. The molecule has 8 rings (SSSR count). The minimum Gasteiger partial charge on any atom is -0.0622 e. The summed E-state index contributed by atoms with van der Waals surface area (Å²) in [4.78, 5) is 0. The van der Waals surface area contributed by atoms with Crippen molar-refractivity contribution in [2.24, 2.45) is 0 Å². The maximum Gasteiger partial charge on any atom is -0.00101 e. The van der Waals surface area contributed by atoms with Crippen LogP contribution in [-0.4, -0.2) is 0 Å². The summed E-state index contributed by atoms with van der Waals surface area (Å²) in [5.74, 6) is 0. The van der Waals surface area contributed by atoms with Gasteiger partial charge in [0.25, 0.3) is 0 Å². The lowest BCUT2D eigenvalue weighted by molar-refractivity contribution is 0.591. The fraction of sp³-hybridized carbons (Fsp3) is 0.128. The summed E-state index contributed by atoms with van der Waals surface area (Å²) < 4.78 is 0. The summed E-state index contributed by atoms with van der Waals surface area (Å²) in [7, 11) is 0. The zero-order chi connectivity index (χ0) is 26.3. The van der Waals surface area contributed by atoms with Crippen molar-refractivity contribution in [3.05, 3.63) is 132 Å². The van der Waals surface area contributed by atoms with E-state index in [1.54, 1.807) is 0 Å². The van der Waals surface area contributed by atoms with E-state index in [1.165, 1.54) is 82.0 Å². The Labute approximate surface area is 229 Å². The van der Waals surface area contributed by atoms with Crippen LogP contribution in [0.25, 0.3) is 65.3 Å². The van der Waals surface area contributed by atoms with Crippen molar-refractivity contribution in [1.29, 1.82) is 0 Å². The lowest BCUT2D eigenvalue weighted by Crippen LogP contribution is -2.15. The van der Waals surface area contributed by atoms with E-state index >= 15 is 0 Å². The Morgan fingerprint density at radius 2 is 1.13 bits per heavy atom. The zero-order valence-electron chi connectivity index (χ0n) is 22.7.